The lowest BCUT2D eigenvalue weighted by Crippen LogP contribution is -2.00. The minimum Gasteiger partial charge on any atom is -0.508 e. The molecule has 1 aliphatic rings. The van der Waals surface area contributed by atoms with Gasteiger partial charge in [0.15, 0.2) is 0 Å². The zero-order chi connectivity index (χ0) is 11.3. The smallest absolute Gasteiger partial charge is 0.116 e. The molecule has 16 heavy (non-hydrogen) atoms. The Morgan fingerprint density at radius 3 is 2.81 bits per heavy atom. The first kappa shape index (κ1) is 9.35. The van der Waals surface area contributed by atoms with Gasteiger partial charge < -0.3 is 9.67 Å². The van der Waals surface area contributed by atoms with Gasteiger partial charge in [0, 0.05) is 24.1 Å². The maximum Gasteiger partial charge on any atom is 0.116 e. The average molecular weight is 211 g/mol. The van der Waals surface area contributed by atoms with Crippen molar-refractivity contribution < 1.29 is 5.11 Å². The van der Waals surface area contributed by atoms with Gasteiger partial charge >= 0.3 is 0 Å². The van der Waals surface area contributed by atoms with Gasteiger partial charge in [-0.3, -0.25) is 0 Å². The molecule has 1 saturated carbocycles. The van der Waals surface area contributed by atoms with Crippen molar-refractivity contribution in [2.24, 2.45) is 7.05 Å². The lowest BCUT2D eigenvalue weighted by atomic mass is 9.96. The summed E-state index contributed by atoms with van der Waals surface area (Å²) in [7, 11) is 2.01. The van der Waals surface area contributed by atoms with Crippen molar-refractivity contribution in [1.29, 1.82) is 0 Å². The predicted octanol–water partition coefficient (Wildman–Crippen LogP) is 2.55. The fraction of sp³-hybridized carbons (Fsp3) is 0.286. The molecule has 0 radical (unpaired) electrons. The third-order valence-corrected chi connectivity index (χ3v) is 3.51. The van der Waals surface area contributed by atoms with E-state index in [0.717, 1.165) is 23.7 Å². The summed E-state index contributed by atoms with van der Waals surface area (Å²) in [6.45, 7) is 0. The van der Waals surface area contributed by atoms with E-state index >= 15 is 0 Å². The minimum absolute atomic E-state index is 0.0761. The third kappa shape index (κ3) is 1.09. The lowest BCUT2D eigenvalue weighted by Gasteiger charge is -2.05. The van der Waals surface area contributed by atoms with Crippen LogP contribution in [0, 0.1) is 12.3 Å². The molecule has 80 valence electrons. The number of terminal acetylenes is 1. The van der Waals surface area contributed by atoms with Gasteiger partial charge in [-0.15, -0.1) is 6.42 Å². The molecule has 1 fully saturated rings. The maximum atomic E-state index is 9.56. The fourth-order valence-electron chi connectivity index (χ4n) is 2.38. The van der Waals surface area contributed by atoms with Crippen LogP contribution in [0.4, 0.5) is 0 Å². The van der Waals surface area contributed by atoms with E-state index in [2.05, 4.69) is 16.7 Å². The summed E-state index contributed by atoms with van der Waals surface area (Å²) in [6, 6.07) is 5.45. The van der Waals surface area contributed by atoms with Crippen LogP contribution in [-0.2, 0) is 12.5 Å². The molecule has 1 N–H and O–H groups in total. The van der Waals surface area contributed by atoms with E-state index in [-0.39, 0.29) is 5.41 Å². The molecule has 1 heterocycles. The SMILES string of the molecule is C#CC1(c2cn(C)c3ccc(O)cc23)CC1. The summed E-state index contributed by atoms with van der Waals surface area (Å²) in [5.74, 6) is 3.20. The molecular weight excluding hydrogens is 198 g/mol. The monoisotopic (exact) mass is 211 g/mol. The molecule has 1 aromatic carbocycles. The Hall–Kier alpha value is -1.88. The molecule has 2 heteroatoms. The van der Waals surface area contributed by atoms with E-state index in [0.29, 0.717) is 5.75 Å². The number of aromatic hydroxyl groups is 1. The molecule has 1 aromatic heterocycles. The Morgan fingerprint density at radius 2 is 2.19 bits per heavy atom. The van der Waals surface area contributed by atoms with Crippen molar-refractivity contribution >= 4 is 10.9 Å². The first-order valence-electron chi connectivity index (χ1n) is 5.43. The second-order valence-electron chi connectivity index (χ2n) is 4.58. The molecule has 0 spiro atoms. The molecule has 2 nitrogen and oxygen atoms in total. The zero-order valence-electron chi connectivity index (χ0n) is 9.20. The van der Waals surface area contributed by atoms with E-state index in [1.165, 1.54) is 5.56 Å². The number of hydrogen-bond donors (Lipinski definition) is 1. The topological polar surface area (TPSA) is 25.2 Å². The third-order valence-electron chi connectivity index (χ3n) is 3.51. The van der Waals surface area contributed by atoms with E-state index in [9.17, 15) is 5.11 Å². The second kappa shape index (κ2) is 2.82. The number of phenolic OH excluding ortho intramolecular Hbond substituents is 1. The standard InChI is InChI=1S/C14H13NO/c1-3-14(6-7-14)12-9-15(2)13-5-4-10(16)8-11(12)13/h1,4-5,8-9,16H,6-7H2,2H3. The van der Waals surface area contributed by atoms with E-state index in [4.69, 9.17) is 6.42 Å². The van der Waals surface area contributed by atoms with Crippen LogP contribution in [0.25, 0.3) is 10.9 Å². The number of rotatable bonds is 1. The van der Waals surface area contributed by atoms with Crippen molar-refractivity contribution in [3.63, 3.8) is 0 Å². The Morgan fingerprint density at radius 1 is 1.44 bits per heavy atom. The van der Waals surface area contributed by atoms with Crippen molar-refractivity contribution in [3.8, 4) is 18.1 Å². The summed E-state index contributed by atoms with van der Waals surface area (Å²) >= 11 is 0. The summed E-state index contributed by atoms with van der Waals surface area (Å²) < 4.78 is 2.07. The van der Waals surface area contributed by atoms with Crippen LogP contribution in [0.2, 0.25) is 0 Å². The Labute approximate surface area is 94.5 Å². The van der Waals surface area contributed by atoms with Gasteiger partial charge in [0.05, 0.1) is 5.41 Å². The van der Waals surface area contributed by atoms with Crippen molar-refractivity contribution in [3.05, 3.63) is 30.0 Å². The number of benzene rings is 1. The Balaban J connectivity index is 2.34. The predicted molar refractivity (Wildman–Crippen MR) is 64.3 cm³/mol. The van der Waals surface area contributed by atoms with Gasteiger partial charge in [-0.05, 0) is 36.6 Å². The molecule has 0 aliphatic heterocycles. The molecular formula is C14H13NO. The molecule has 1 aliphatic carbocycles. The van der Waals surface area contributed by atoms with Crippen LogP contribution in [0.1, 0.15) is 18.4 Å². The highest BCUT2D eigenvalue weighted by atomic mass is 16.3. The molecule has 0 bridgehead atoms. The number of hydrogen-bond acceptors (Lipinski definition) is 1. The molecule has 3 rings (SSSR count). The minimum atomic E-state index is -0.0761. The Bertz CT molecular complexity index is 611. The largest absolute Gasteiger partial charge is 0.508 e. The first-order valence-corrected chi connectivity index (χ1v) is 5.43. The first-order chi connectivity index (χ1) is 7.66. The van der Waals surface area contributed by atoms with E-state index in [1.54, 1.807) is 6.07 Å². The zero-order valence-corrected chi connectivity index (χ0v) is 9.20. The van der Waals surface area contributed by atoms with Gasteiger partial charge in [-0.2, -0.15) is 0 Å². The molecule has 0 saturated heterocycles. The Kier molecular flexibility index (Phi) is 1.65. The summed E-state index contributed by atoms with van der Waals surface area (Å²) in [6.07, 6.45) is 9.82. The summed E-state index contributed by atoms with van der Waals surface area (Å²) in [5.41, 5.74) is 2.23. The number of aryl methyl sites for hydroxylation is 1. The number of nitrogens with zero attached hydrogens (tertiary/aromatic N) is 1. The van der Waals surface area contributed by atoms with Crippen LogP contribution < -0.4 is 0 Å². The number of phenols is 1. The normalized spacial score (nSPS) is 17.2. The van der Waals surface area contributed by atoms with Crippen molar-refractivity contribution in [2.45, 2.75) is 18.3 Å². The average Bonchev–Trinajstić information content (AvgIpc) is 3.00. The molecule has 0 amide bonds. The van der Waals surface area contributed by atoms with Crippen LogP contribution in [-0.4, -0.2) is 9.67 Å². The summed E-state index contributed by atoms with van der Waals surface area (Å²) in [4.78, 5) is 0. The van der Waals surface area contributed by atoms with Gasteiger partial charge in [-0.25, -0.2) is 0 Å². The van der Waals surface area contributed by atoms with Gasteiger partial charge in [-0.1, -0.05) is 5.92 Å². The number of fused-ring (bicyclic) bond motifs is 1. The second-order valence-corrected chi connectivity index (χ2v) is 4.58. The lowest BCUT2D eigenvalue weighted by molar-refractivity contribution is 0.476. The molecule has 2 aromatic rings. The molecule has 0 atom stereocenters. The molecule has 0 unspecified atom stereocenters. The van der Waals surface area contributed by atoms with Gasteiger partial charge in [0.2, 0.25) is 0 Å². The summed E-state index contributed by atoms with van der Waals surface area (Å²) in [5, 5.41) is 10.6. The highest BCUT2D eigenvalue weighted by molar-refractivity contribution is 5.87. The quantitative estimate of drug-likeness (QED) is 0.720. The van der Waals surface area contributed by atoms with Gasteiger partial charge in [0.25, 0.3) is 0 Å². The van der Waals surface area contributed by atoms with Crippen molar-refractivity contribution in [2.75, 3.05) is 0 Å². The number of aromatic nitrogens is 1. The van der Waals surface area contributed by atoms with Crippen LogP contribution in [0.15, 0.2) is 24.4 Å². The van der Waals surface area contributed by atoms with Crippen LogP contribution in [0.5, 0.6) is 5.75 Å². The van der Waals surface area contributed by atoms with Crippen LogP contribution >= 0.6 is 0 Å². The van der Waals surface area contributed by atoms with Crippen molar-refractivity contribution in [1.82, 2.24) is 4.57 Å². The fourth-order valence-corrected chi connectivity index (χ4v) is 2.38. The van der Waals surface area contributed by atoms with Gasteiger partial charge in [0.1, 0.15) is 5.75 Å². The van der Waals surface area contributed by atoms with E-state index < -0.39 is 0 Å². The van der Waals surface area contributed by atoms with Crippen LogP contribution in [0.3, 0.4) is 0 Å². The van der Waals surface area contributed by atoms with E-state index in [1.807, 2.05) is 19.2 Å². The highest BCUT2D eigenvalue weighted by Gasteiger charge is 2.44. The maximum absolute atomic E-state index is 9.56. The highest BCUT2D eigenvalue weighted by Crippen LogP contribution is 2.50.